The van der Waals surface area contributed by atoms with Crippen LogP contribution in [-0.2, 0) is 14.3 Å². The second-order valence-corrected chi connectivity index (χ2v) is 7.11. The average Bonchev–Trinajstić information content (AvgIpc) is 2.60. The fourth-order valence-corrected chi connectivity index (χ4v) is 3.21. The molecule has 0 unspecified atom stereocenters. The molecule has 0 atom stereocenters. The van der Waals surface area contributed by atoms with E-state index in [4.69, 9.17) is 16.3 Å². The summed E-state index contributed by atoms with van der Waals surface area (Å²) in [6.07, 6.45) is 0. The topological polar surface area (TPSA) is 98.5 Å². The van der Waals surface area contributed by atoms with E-state index in [-0.39, 0.29) is 22.2 Å². The molecule has 142 valence electrons. The highest BCUT2D eigenvalue weighted by Gasteiger charge is 2.15. The molecule has 2 aromatic carbocycles. The molecule has 0 aliphatic heterocycles. The van der Waals surface area contributed by atoms with Crippen molar-refractivity contribution in [3.05, 3.63) is 62.7 Å². The Morgan fingerprint density at radius 2 is 1.96 bits per heavy atom. The van der Waals surface area contributed by atoms with Crippen LogP contribution in [0.3, 0.4) is 0 Å². The number of nitro groups is 1. The predicted molar refractivity (Wildman–Crippen MR) is 104 cm³/mol. The number of aryl methyl sites for hydroxylation is 2. The first-order chi connectivity index (χ1) is 12.8. The number of rotatable bonds is 7. The van der Waals surface area contributed by atoms with Crippen molar-refractivity contribution in [2.24, 2.45) is 0 Å². The number of amides is 1. The van der Waals surface area contributed by atoms with E-state index < -0.39 is 23.4 Å². The van der Waals surface area contributed by atoms with Crippen LogP contribution in [0.25, 0.3) is 0 Å². The smallest absolute Gasteiger partial charge is 0.316 e. The van der Waals surface area contributed by atoms with Crippen LogP contribution in [0.4, 0.5) is 11.4 Å². The largest absolute Gasteiger partial charge is 0.455 e. The molecule has 9 heteroatoms. The van der Waals surface area contributed by atoms with Gasteiger partial charge in [0, 0.05) is 16.6 Å². The number of esters is 1. The van der Waals surface area contributed by atoms with Crippen molar-refractivity contribution in [3.63, 3.8) is 0 Å². The minimum atomic E-state index is -0.650. The number of carbonyl (C=O) groups is 2. The van der Waals surface area contributed by atoms with Crippen molar-refractivity contribution in [1.29, 1.82) is 0 Å². The van der Waals surface area contributed by atoms with E-state index in [0.29, 0.717) is 0 Å². The summed E-state index contributed by atoms with van der Waals surface area (Å²) in [5.74, 6) is -1.06. The zero-order valence-corrected chi connectivity index (χ0v) is 16.2. The monoisotopic (exact) mass is 408 g/mol. The molecule has 7 nitrogen and oxygen atoms in total. The molecule has 0 saturated heterocycles. The van der Waals surface area contributed by atoms with Gasteiger partial charge in [-0.1, -0.05) is 29.3 Å². The standard InChI is InChI=1S/C18H17ClN2O5S/c1-11-3-6-16(12(2)7-11)27-10-18(23)26-9-17(22)20-13-4-5-14(19)15(8-13)21(24)25/h3-8H,9-10H2,1-2H3,(H,20,22). The molecular formula is C18H17ClN2O5S. The number of ether oxygens (including phenoxy) is 1. The first kappa shape index (κ1) is 20.7. The molecule has 0 aliphatic rings. The van der Waals surface area contributed by atoms with E-state index in [9.17, 15) is 19.7 Å². The van der Waals surface area contributed by atoms with Gasteiger partial charge in [-0.15, -0.1) is 11.8 Å². The highest BCUT2D eigenvalue weighted by molar-refractivity contribution is 8.00. The predicted octanol–water partition coefficient (Wildman–Crippen LogP) is 4.14. The van der Waals surface area contributed by atoms with Crippen molar-refractivity contribution in [3.8, 4) is 0 Å². The summed E-state index contributed by atoms with van der Waals surface area (Å²) < 4.78 is 4.93. The quantitative estimate of drug-likeness (QED) is 0.320. The van der Waals surface area contributed by atoms with Crippen LogP contribution in [0.15, 0.2) is 41.3 Å². The second kappa shape index (κ2) is 9.38. The number of carbonyl (C=O) groups excluding carboxylic acids is 2. The van der Waals surface area contributed by atoms with Gasteiger partial charge in [0.05, 0.1) is 10.7 Å². The lowest BCUT2D eigenvalue weighted by Gasteiger charge is -2.08. The van der Waals surface area contributed by atoms with Gasteiger partial charge < -0.3 is 10.1 Å². The highest BCUT2D eigenvalue weighted by Crippen LogP contribution is 2.27. The van der Waals surface area contributed by atoms with Gasteiger partial charge in [0.1, 0.15) is 5.02 Å². The third-order valence-electron chi connectivity index (χ3n) is 3.47. The Kier molecular flexibility index (Phi) is 7.20. The molecule has 0 aromatic heterocycles. The van der Waals surface area contributed by atoms with Crippen molar-refractivity contribution >= 4 is 46.6 Å². The zero-order chi connectivity index (χ0) is 20.0. The first-order valence-corrected chi connectivity index (χ1v) is 9.22. The Balaban J connectivity index is 1.82. The van der Waals surface area contributed by atoms with Crippen LogP contribution in [0.2, 0.25) is 5.02 Å². The van der Waals surface area contributed by atoms with Crippen molar-refractivity contribution < 1.29 is 19.2 Å². The Bertz CT molecular complexity index is 888. The molecule has 0 aliphatic carbocycles. The van der Waals surface area contributed by atoms with Gasteiger partial charge in [-0.25, -0.2) is 0 Å². The minimum Gasteiger partial charge on any atom is -0.455 e. The summed E-state index contributed by atoms with van der Waals surface area (Å²) in [4.78, 5) is 34.8. The van der Waals surface area contributed by atoms with Crippen LogP contribution >= 0.6 is 23.4 Å². The number of thioether (sulfide) groups is 1. The van der Waals surface area contributed by atoms with E-state index in [0.717, 1.165) is 22.1 Å². The summed E-state index contributed by atoms with van der Waals surface area (Å²) in [6.45, 7) is 3.46. The number of nitrogens with one attached hydrogen (secondary N) is 1. The zero-order valence-electron chi connectivity index (χ0n) is 14.7. The highest BCUT2D eigenvalue weighted by atomic mass is 35.5. The maximum atomic E-state index is 11.9. The fraction of sp³-hybridized carbons (Fsp3) is 0.222. The molecule has 2 rings (SSSR count). The van der Waals surface area contributed by atoms with E-state index in [1.165, 1.54) is 23.9 Å². The molecular weight excluding hydrogens is 392 g/mol. The van der Waals surface area contributed by atoms with E-state index in [1.807, 2.05) is 32.0 Å². The van der Waals surface area contributed by atoms with Gasteiger partial charge in [0.2, 0.25) is 0 Å². The van der Waals surface area contributed by atoms with Crippen LogP contribution in [-0.4, -0.2) is 29.2 Å². The number of halogens is 1. The number of anilines is 1. The molecule has 2 aromatic rings. The number of nitrogens with zero attached hydrogens (tertiary/aromatic N) is 1. The van der Waals surface area contributed by atoms with Crippen molar-refractivity contribution in [1.82, 2.24) is 0 Å². The van der Waals surface area contributed by atoms with Gasteiger partial charge in [-0.2, -0.15) is 0 Å². The summed E-state index contributed by atoms with van der Waals surface area (Å²) in [7, 11) is 0. The molecule has 27 heavy (non-hydrogen) atoms. The van der Waals surface area contributed by atoms with Crippen molar-refractivity contribution in [2.75, 3.05) is 17.7 Å². The SMILES string of the molecule is Cc1ccc(SCC(=O)OCC(=O)Nc2ccc(Cl)c([N+](=O)[O-])c2)c(C)c1. The lowest BCUT2D eigenvalue weighted by Crippen LogP contribution is -2.21. The van der Waals surface area contributed by atoms with Gasteiger partial charge in [0.25, 0.3) is 11.6 Å². The second-order valence-electron chi connectivity index (χ2n) is 5.69. The molecule has 0 radical (unpaired) electrons. The van der Waals surface area contributed by atoms with Gasteiger partial charge >= 0.3 is 5.97 Å². The maximum absolute atomic E-state index is 11.9. The van der Waals surface area contributed by atoms with Crippen molar-refractivity contribution in [2.45, 2.75) is 18.7 Å². The average molecular weight is 409 g/mol. The third kappa shape index (κ3) is 6.26. The van der Waals surface area contributed by atoms with Gasteiger partial charge in [-0.3, -0.25) is 19.7 Å². The lowest BCUT2D eigenvalue weighted by molar-refractivity contribution is -0.384. The molecule has 0 saturated carbocycles. The van der Waals surface area contributed by atoms with E-state index >= 15 is 0 Å². The fourth-order valence-electron chi connectivity index (χ4n) is 2.21. The summed E-state index contributed by atoms with van der Waals surface area (Å²) in [5, 5.41) is 13.2. The Morgan fingerprint density at radius 1 is 1.22 bits per heavy atom. The van der Waals surface area contributed by atoms with Crippen LogP contribution in [0.1, 0.15) is 11.1 Å². The maximum Gasteiger partial charge on any atom is 0.316 e. The summed E-state index contributed by atoms with van der Waals surface area (Å²) >= 11 is 7.04. The lowest BCUT2D eigenvalue weighted by atomic mass is 10.2. The Morgan fingerprint density at radius 3 is 2.63 bits per heavy atom. The Labute approximate surface area is 165 Å². The molecule has 0 bridgehead atoms. The molecule has 0 heterocycles. The van der Waals surface area contributed by atoms with E-state index in [2.05, 4.69) is 5.32 Å². The molecule has 0 fully saturated rings. The molecule has 0 spiro atoms. The normalized spacial score (nSPS) is 10.3. The number of hydrogen-bond acceptors (Lipinski definition) is 6. The number of hydrogen-bond donors (Lipinski definition) is 1. The number of nitro benzene ring substituents is 1. The van der Waals surface area contributed by atoms with Crippen LogP contribution in [0, 0.1) is 24.0 Å². The minimum absolute atomic E-state index is 0.0344. The first-order valence-electron chi connectivity index (χ1n) is 7.85. The van der Waals surface area contributed by atoms with E-state index in [1.54, 1.807) is 0 Å². The number of benzene rings is 2. The molecule has 1 N–H and O–H groups in total. The molecule has 1 amide bonds. The summed E-state index contributed by atoms with van der Waals surface area (Å²) in [6, 6.07) is 9.78. The van der Waals surface area contributed by atoms with Crippen LogP contribution < -0.4 is 5.32 Å². The summed E-state index contributed by atoms with van der Waals surface area (Å²) in [5.41, 5.74) is 2.07. The van der Waals surface area contributed by atoms with Gasteiger partial charge in [-0.05, 0) is 37.6 Å². The van der Waals surface area contributed by atoms with Crippen LogP contribution in [0.5, 0.6) is 0 Å². The third-order valence-corrected chi connectivity index (χ3v) is 4.94. The Hall–Kier alpha value is -2.58. The van der Waals surface area contributed by atoms with Gasteiger partial charge in [0.15, 0.2) is 6.61 Å².